The van der Waals surface area contributed by atoms with Gasteiger partial charge in [-0.3, -0.25) is 4.79 Å². The first-order valence-corrected chi connectivity index (χ1v) is 6.84. The summed E-state index contributed by atoms with van der Waals surface area (Å²) in [5.41, 5.74) is -0.632. The summed E-state index contributed by atoms with van der Waals surface area (Å²) < 4.78 is 0. The molecular formula is C15H24O3. The number of hydrogen-bond donors (Lipinski definition) is 2. The molecule has 0 aliphatic heterocycles. The fraction of sp³-hybridized carbons (Fsp3) is 0.800. The number of hydrogen-bond acceptors (Lipinski definition) is 3. The second-order valence-corrected chi connectivity index (χ2v) is 6.67. The van der Waals surface area contributed by atoms with Crippen molar-refractivity contribution in [3.63, 3.8) is 0 Å². The molecule has 3 heteroatoms. The Morgan fingerprint density at radius 1 is 1.39 bits per heavy atom. The van der Waals surface area contributed by atoms with Crippen molar-refractivity contribution < 1.29 is 15.0 Å². The van der Waals surface area contributed by atoms with E-state index in [1.807, 2.05) is 27.7 Å². The molecule has 0 aromatic carbocycles. The third-order valence-corrected chi connectivity index (χ3v) is 5.13. The largest absolute Gasteiger partial charge is 0.392 e. The molecular weight excluding hydrogens is 228 g/mol. The van der Waals surface area contributed by atoms with Gasteiger partial charge in [-0.05, 0) is 38.2 Å². The molecule has 0 aromatic heterocycles. The van der Waals surface area contributed by atoms with Crippen LogP contribution >= 0.6 is 0 Å². The fourth-order valence-electron chi connectivity index (χ4n) is 3.90. The van der Waals surface area contributed by atoms with E-state index in [4.69, 9.17) is 0 Å². The lowest BCUT2D eigenvalue weighted by molar-refractivity contribution is -0.139. The molecule has 2 N–H and O–H groups in total. The molecule has 102 valence electrons. The van der Waals surface area contributed by atoms with Crippen molar-refractivity contribution in [2.75, 3.05) is 0 Å². The van der Waals surface area contributed by atoms with E-state index in [9.17, 15) is 15.0 Å². The van der Waals surface area contributed by atoms with Gasteiger partial charge in [0, 0.05) is 11.3 Å². The van der Waals surface area contributed by atoms with E-state index in [1.54, 1.807) is 6.08 Å². The molecule has 3 nitrogen and oxygen atoms in total. The number of carbonyl (C=O) groups is 1. The maximum Gasteiger partial charge on any atom is 0.161 e. The average Bonchev–Trinajstić information content (AvgIpc) is 2.48. The van der Waals surface area contributed by atoms with Gasteiger partial charge in [0.15, 0.2) is 5.78 Å². The molecule has 0 unspecified atom stereocenters. The highest BCUT2D eigenvalue weighted by Crippen LogP contribution is 2.56. The molecule has 0 radical (unpaired) electrons. The Morgan fingerprint density at radius 3 is 2.56 bits per heavy atom. The van der Waals surface area contributed by atoms with E-state index in [0.717, 1.165) is 5.57 Å². The summed E-state index contributed by atoms with van der Waals surface area (Å²) in [7, 11) is 0. The first-order valence-electron chi connectivity index (χ1n) is 6.84. The standard InChI is InChI=1S/C15H24O3/c1-9(2)15(18)6-5-14(4)12(17)8-10(3)7-11(16)13(14)15/h8-9,11,13,16,18H,5-7H2,1-4H3/t11-,13-,14-,15-/m0/s1. The molecule has 18 heavy (non-hydrogen) atoms. The molecule has 2 aliphatic carbocycles. The lowest BCUT2D eigenvalue weighted by Gasteiger charge is -2.41. The van der Waals surface area contributed by atoms with Crippen LogP contribution in [0.1, 0.15) is 47.0 Å². The Balaban J connectivity index is 2.49. The van der Waals surface area contributed by atoms with Crippen LogP contribution in [-0.2, 0) is 4.79 Å². The van der Waals surface area contributed by atoms with Crippen LogP contribution in [0, 0.1) is 17.3 Å². The van der Waals surface area contributed by atoms with Gasteiger partial charge < -0.3 is 10.2 Å². The van der Waals surface area contributed by atoms with Crippen LogP contribution in [0.15, 0.2) is 11.6 Å². The number of aliphatic hydroxyl groups excluding tert-OH is 1. The normalized spacial score (nSPS) is 44.8. The summed E-state index contributed by atoms with van der Waals surface area (Å²) in [6, 6.07) is 0. The van der Waals surface area contributed by atoms with Crippen molar-refractivity contribution in [3.05, 3.63) is 11.6 Å². The first kappa shape index (κ1) is 13.8. The van der Waals surface area contributed by atoms with Gasteiger partial charge in [0.1, 0.15) is 0 Å². The van der Waals surface area contributed by atoms with Crippen LogP contribution in [0.25, 0.3) is 0 Å². The minimum absolute atomic E-state index is 0.0465. The van der Waals surface area contributed by atoms with E-state index >= 15 is 0 Å². The maximum atomic E-state index is 12.4. The molecule has 0 aromatic rings. The van der Waals surface area contributed by atoms with Crippen molar-refractivity contribution in [1.29, 1.82) is 0 Å². The lowest BCUT2D eigenvalue weighted by atomic mass is 9.67. The summed E-state index contributed by atoms with van der Waals surface area (Å²) in [5, 5.41) is 21.3. The van der Waals surface area contributed by atoms with Gasteiger partial charge in [-0.15, -0.1) is 0 Å². The smallest absolute Gasteiger partial charge is 0.161 e. The van der Waals surface area contributed by atoms with Crippen LogP contribution < -0.4 is 0 Å². The van der Waals surface area contributed by atoms with Gasteiger partial charge in [0.2, 0.25) is 0 Å². The van der Waals surface area contributed by atoms with Gasteiger partial charge in [0.25, 0.3) is 0 Å². The molecule has 0 amide bonds. The zero-order valence-electron chi connectivity index (χ0n) is 11.7. The van der Waals surface area contributed by atoms with Crippen LogP contribution in [0.2, 0.25) is 0 Å². The Morgan fingerprint density at radius 2 is 2.00 bits per heavy atom. The van der Waals surface area contributed by atoms with Crippen LogP contribution in [-0.4, -0.2) is 27.7 Å². The summed E-state index contributed by atoms with van der Waals surface area (Å²) in [6.45, 7) is 7.71. The third kappa shape index (κ3) is 1.76. The van der Waals surface area contributed by atoms with Gasteiger partial charge in [0.05, 0.1) is 11.7 Å². The fourth-order valence-corrected chi connectivity index (χ4v) is 3.90. The highest BCUT2D eigenvalue weighted by Gasteiger charge is 2.60. The minimum Gasteiger partial charge on any atom is -0.392 e. The highest BCUT2D eigenvalue weighted by atomic mass is 16.3. The molecule has 2 aliphatic rings. The molecule has 2 rings (SSSR count). The summed E-state index contributed by atoms with van der Waals surface area (Å²) >= 11 is 0. The molecule has 1 saturated carbocycles. The summed E-state index contributed by atoms with van der Waals surface area (Å²) in [5.74, 6) is -0.241. The monoisotopic (exact) mass is 252 g/mol. The topological polar surface area (TPSA) is 57.5 Å². The molecule has 0 saturated heterocycles. The van der Waals surface area contributed by atoms with Gasteiger partial charge >= 0.3 is 0 Å². The van der Waals surface area contributed by atoms with E-state index in [2.05, 4.69) is 0 Å². The van der Waals surface area contributed by atoms with Crippen LogP contribution in [0.5, 0.6) is 0 Å². The number of ketones is 1. The zero-order valence-corrected chi connectivity index (χ0v) is 11.7. The van der Waals surface area contributed by atoms with Gasteiger partial charge in [-0.1, -0.05) is 26.3 Å². The summed E-state index contributed by atoms with van der Waals surface area (Å²) in [6.07, 6.45) is 2.77. The Bertz CT molecular complexity index is 399. The predicted octanol–water partition coefficient (Wildman–Crippen LogP) is 2.07. The SMILES string of the molecule is CC1=CC(=O)[C@]2(C)CC[C@](O)(C(C)C)[C@H]2[C@@H](O)C1. The average molecular weight is 252 g/mol. The van der Waals surface area contributed by atoms with Crippen molar-refractivity contribution >= 4 is 5.78 Å². The number of aliphatic hydroxyl groups is 2. The van der Waals surface area contributed by atoms with Crippen LogP contribution in [0.3, 0.4) is 0 Å². The second-order valence-electron chi connectivity index (χ2n) is 6.67. The lowest BCUT2D eigenvalue weighted by Crippen LogP contribution is -2.50. The van der Waals surface area contributed by atoms with Crippen molar-refractivity contribution in [2.24, 2.45) is 17.3 Å². The quantitative estimate of drug-likeness (QED) is 0.751. The van der Waals surface area contributed by atoms with Crippen LogP contribution in [0.4, 0.5) is 0 Å². The second kappa shape index (κ2) is 4.17. The van der Waals surface area contributed by atoms with E-state index in [-0.39, 0.29) is 17.6 Å². The van der Waals surface area contributed by atoms with E-state index in [1.165, 1.54) is 0 Å². The third-order valence-electron chi connectivity index (χ3n) is 5.13. The Labute approximate surface area is 109 Å². The number of carbonyl (C=O) groups excluding carboxylic acids is 1. The number of allylic oxidation sites excluding steroid dienone is 1. The maximum absolute atomic E-state index is 12.4. The molecule has 4 atom stereocenters. The summed E-state index contributed by atoms with van der Waals surface area (Å²) in [4.78, 5) is 12.4. The van der Waals surface area contributed by atoms with E-state index < -0.39 is 17.1 Å². The van der Waals surface area contributed by atoms with Crippen molar-refractivity contribution in [1.82, 2.24) is 0 Å². The van der Waals surface area contributed by atoms with Gasteiger partial charge in [-0.2, -0.15) is 0 Å². The molecule has 0 spiro atoms. The van der Waals surface area contributed by atoms with Crippen molar-refractivity contribution in [3.8, 4) is 0 Å². The number of fused-ring (bicyclic) bond motifs is 1. The Kier molecular flexibility index (Phi) is 3.19. The highest BCUT2D eigenvalue weighted by molar-refractivity contribution is 5.96. The molecule has 0 bridgehead atoms. The Hall–Kier alpha value is -0.670. The molecule has 1 fully saturated rings. The number of rotatable bonds is 1. The molecule has 0 heterocycles. The van der Waals surface area contributed by atoms with E-state index in [0.29, 0.717) is 19.3 Å². The minimum atomic E-state index is -0.928. The van der Waals surface area contributed by atoms with Gasteiger partial charge in [-0.25, -0.2) is 0 Å². The van der Waals surface area contributed by atoms with Crippen molar-refractivity contribution in [2.45, 2.75) is 58.7 Å². The first-order chi connectivity index (χ1) is 8.21. The zero-order chi connectivity index (χ0) is 13.7. The predicted molar refractivity (Wildman–Crippen MR) is 70.0 cm³/mol.